The lowest BCUT2D eigenvalue weighted by atomic mass is 9.86. The van der Waals surface area contributed by atoms with Crippen molar-refractivity contribution in [3.8, 4) is 0 Å². The summed E-state index contributed by atoms with van der Waals surface area (Å²) in [5.74, 6) is -1.75. The van der Waals surface area contributed by atoms with Gasteiger partial charge in [0.1, 0.15) is 0 Å². The zero-order chi connectivity index (χ0) is 22.0. The molecule has 0 fully saturated rings. The van der Waals surface area contributed by atoms with Gasteiger partial charge in [-0.2, -0.15) is 13.2 Å². The number of esters is 1. The molecule has 6 heteroatoms. The number of hydrogen-bond acceptors (Lipinski definition) is 3. The summed E-state index contributed by atoms with van der Waals surface area (Å²) in [5, 5.41) is 10.5. The first-order valence-electron chi connectivity index (χ1n) is 9.25. The predicted molar refractivity (Wildman–Crippen MR) is 107 cm³/mol. The van der Waals surface area contributed by atoms with Gasteiger partial charge in [0.15, 0.2) is 0 Å². The molecule has 0 aliphatic rings. The van der Waals surface area contributed by atoms with Crippen LogP contribution in [0.1, 0.15) is 40.3 Å². The Bertz CT molecular complexity index is 904. The standard InChI is InChI=1S/C23H25F3O3/c1-6-29-21(27)22(28,23(24,25)26)13-19(18-9-7-14(2)8-10-18)20-16(4)11-15(3)12-17(20)5/h7-13,28H,6H2,1-5H3/b19-13+/t22-/m0/s1. The van der Waals surface area contributed by atoms with Crippen molar-refractivity contribution in [3.63, 3.8) is 0 Å². The van der Waals surface area contributed by atoms with Crippen LogP contribution in [0.4, 0.5) is 13.2 Å². The Kier molecular flexibility index (Phi) is 6.58. The molecule has 1 N–H and O–H groups in total. The van der Waals surface area contributed by atoms with Crippen LogP contribution < -0.4 is 0 Å². The number of halogens is 3. The van der Waals surface area contributed by atoms with E-state index < -0.39 is 17.7 Å². The summed E-state index contributed by atoms with van der Waals surface area (Å²) in [6.45, 7) is 8.42. The van der Waals surface area contributed by atoms with Gasteiger partial charge in [-0.25, -0.2) is 4.79 Å². The van der Waals surface area contributed by atoms with Crippen LogP contribution in [0.15, 0.2) is 42.5 Å². The molecule has 156 valence electrons. The van der Waals surface area contributed by atoms with Crippen LogP contribution in [0.3, 0.4) is 0 Å². The number of aliphatic hydroxyl groups is 1. The normalized spacial score (nSPS) is 14.4. The Balaban J connectivity index is 2.86. The molecule has 0 aromatic heterocycles. The quantitative estimate of drug-likeness (QED) is 0.694. The van der Waals surface area contributed by atoms with E-state index in [2.05, 4.69) is 4.74 Å². The fraction of sp³-hybridized carbons (Fsp3) is 0.348. The smallest absolute Gasteiger partial charge is 0.431 e. The minimum absolute atomic E-state index is 0.118. The molecule has 0 bridgehead atoms. The number of benzene rings is 2. The second-order valence-corrected chi connectivity index (χ2v) is 7.18. The number of carbonyl (C=O) groups is 1. The lowest BCUT2D eigenvalue weighted by Crippen LogP contribution is -2.51. The molecule has 0 spiro atoms. The van der Waals surface area contributed by atoms with E-state index >= 15 is 0 Å². The van der Waals surface area contributed by atoms with Gasteiger partial charge in [-0.1, -0.05) is 47.5 Å². The molecule has 29 heavy (non-hydrogen) atoms. The van der Waals surface area contributed by atoms with Gasteiger partial charge in [0.05, 0.1) is 6.61 Å². The van der Waals surface area contributed by atoms with Crippen molar-refractivity contribution in [2.45, 2.75) is 46.4 Å². The van der Waals surface area contributed by atoms with Crippen LogP contribution in [0.2, 0.25) is 0 Å². The second kappa shape index (κ2) is 8.41. The van der Waals surface area contributed by atoms with Gasteiger partial charge in [-0.3, -0.25) is 0 Å². The van der Waals surface area contributed by atoms with Crippen molar-refractivity contribution in [2.75, 3.05) is 6.61 Å². The van der Waals surface area contributed by atoms with Crippen molar-refractivity contribution in [1.82, 2.24) is 0 Å². The fourth-order valence-corrected chi connectivity index (χ4v) is 3.34. The summed E-state index contributed by atoms with van der Waals surface area (Å²) in [7, 11) is 0. The summed E-state index contributed by atoms with van der Waals surface area (Å²) in [6.07, 6.45) is -4.68. The number of rotatable bonds is 5. The Morgan fingerprint density at radius 2 is 1.52 bits per heavy atom. The topological polar surface area (TPSA) is 46.5 Å². The maximum absolute atomic E-state index is 13.8. The zero-order valence-corrected chi connectivity index (χ0v) is 17.1. The molecular weight excluding hydrogens is 381 g/mol. The number of aryl methyl sites for hydroxylation is 4. The number of carbonyl (C=O) groups excluding carboxylic acids is 1. The SMILES string of the molecule is CCOC(=O)[C@@](O)(/C=C(\c1ccc(C)cc1)c1c(C)cc(C)cc1C)C(F)(F)F. The molecule has 2 aromatic carbocycles. The predicted octanol–water partition coefficient (Wildman–Crippen LogP) is 5.21. The number of ether oxygens (including phenoxy) is 1. The Hall–Kier alpha value is -2.60. The molecule has 2 aromatic rings. The van der Waals surface area contributed by atoms with Crippen molar-refractivity contribution < 1.29 is 27.8 Å². The van der Waals surface area contributed by atoms with Crippen LogP contribution in [-0.4, -0.2) is 29.5 Å². The second-order valence-electron chi connectivity index (χ2n) is 7.18. The van der Waals surface area contributed by atoms with Crippen molar-refractivity contribution in [1.29, 1.82) is 0 Å². The van der Waals surface area contributed by atoms with E-state index in [1.165, 1.54) is 6.92 Å². The fourth-order valence-electron chi connectivity index (χ4n) is 3.34. The monoisotopic (exact) mass is 406 g/mol. The summed E-state index contributed by atoms with van der Waals surface area (Å²) in [4.78, 5) is 12.2. The van der Waals surface area contributed by atoms with Gasteiger partial charge >= 0.3 is 12.1 Å². The van der Waals surface area contributed by atoms with Crippen LogP contribution in [0, 0.1) is 27.7 Å². The van der Waals surface area contributed by atoms with Crippen molar-refractivity contribution in [2.24, 2.45) is 0 Å². The van der Waals surface area contributed by atoms with Crippen LogP contribution in [-0.2, 0) is 9.53 Å². The molecule has 0 saturated carbocycles. The highest BCUT2D eigenvalue weighted by Gasteiger charge is 2.59. The van der Waals surface area contributed by atoms with Gasteiger partial charge in [0.25, 0.3) is 5.60 Å². The summed E-state index contributed by atoms with van der Waals surface area (Å²) in [6, 6.07) is 10.6. The largest absolute Gasteiger partial charge is 0.463 e. The van der Waals surface area contributed by atoms with Gasteiger partial charge < -0.3 is 9.84 Å². The number of alkyl halides is 3. The first-order chi connectivity index (χ1) is 13.4. The highest BCUT2D eigenvalue weighted by molar-refractivity contribution is 5.91. The molecule has 1 atom stereocenters. The number of hydrogen-bond donors (Lipinski definition) is 1. The molecule has 0 radical (unpaired) electrons. The average molecular weight is 406 g/mol. The maximum Gasteiger partial charge on any atom is 0.431 e. The highest BCUT2D eigenvalue weighted by Crippen LogP contribution is 2.38. The summed E-state index contributed by atoms with van der Waals surface area (Å²) < 4.78 is 46.0. The van der Waals surface area contributed by atoms with Gasteiger partial charge in [-0.05, 0) is 68.5 Å². The van der Waals surface area contributed by atoms with E-state index in [-0.39, 0.29) is 12.2 Å². The Labute approximate surface area is 168 Å². The zero-order valence-electron chi connectivity index (χ0n) is 17.1. The maximum atomic E-state index is 13.8. The highest BCUT2D eigenvalue weighted by atomic mass is 19.4. The first kappa shape index (κ1) is 22.7. The molecule has 0 aliphatic carbocycles. The van der Waals surface area contributed by atoms with E-state index in [1.807, 2.05) is 26.0 Å². The molecule has 0 aliphatic heterocycles. The summed E-state index contributed by atoms with van der Waals surface area (Å²) in [5.41, 5.74) is 0.709. The van der Waals surface area contributed by atoms with Crippen molar-refractivity contribution in [3.05, 3.63) is 75.9 Å². The molecule has 0 saturated heterocycles. The van der Waals surface area contributed by atoms with E-state index in [1.54, 1.807) is 38.1 Å². The first-order valence-corrected chi connectivity index (χ1v) is 9.25. The van der Waals surface area contributed by atoms with E-state index in [4.69, 9.17) is 0 Å². The van der Waals surface area contributed by atoms with Crippen LogP contribution in [0.25, 0.3) is 5.57 Å². The average Bonchev–Trinajstić information content (AvgIpc) is 2.59. The molecule has 0 amide bonds. The third-order valence-corrected chi connectivity index (χ3v) is 4.68. The minimum Gasteiger partial charge on any atom is -0.463 e. The van der Waals surface area contributed by atoms with Gasteiger partial charge in [0.2, 0.25) is 0 Å². The van der Waals surface area contributed by atoms with Crippen molar-refractivity contribution >= 4 is 11.5 Å². The molecule has 0 unspecified atom stereocenters. The lowest BCUT2D eigenvalue weighted by molar-refractivity contribution is -0.245. The van der Waals surface area contributed by atoms with Crippen LogP contribution in [0.5, 0.6) is 0 Å². The third kappa shape index (κ3) is 4.70. The van der Waals surface area contributed by atoms with Gasteiger partial charge in [0, 0.05) is 0 Å². The molecule has 3 nitrogen and oxygen atoms in total. The van der Waals surface area contributed by atoms with Gasteiger partial charge in [-0.15, -0.1) is 0 Å². The van der Waals surface area contributed by atoms with Crippen LogP contribution >= 0.6 is 0 Å². The minimum atomic E-state index is -5.25. The lowest BCUT2D eigenvalue weighted by Gasteiger charge is -2.27. The molecule has 0 heterocycles. The summed E-state index contributed by atoms with van der Waals surface area (Å²) >= 11 is 0. The molecular formula is C23H25F3O3. The van der Waals surface area contributed by atoms with E-state index in [0.29, 0.717) is 17.2 Å². The Morgan fingerprint density at radius 3 is 1.97 bits per heavy atom. The third-order valence-electron chi connectivity index (χ3n) is 4.68. The van der Waals surface area contributed by atoms with E-state index in [0.717, 1.165) is 22.3 Å². The molecule has 2 rings (SSSR count). The van der Waals surface area contributed by atoms with E-state index in [9.17, 15) is 23.1 Å². The Morgan fingerprint density at radius 1 is 1.00 bits per heavy atom.